The van der Waals surface area contributed by atoms with E-state index in [-0.39, 0.29) is 5.91 Å². The van der Waals surface area contributed by atoms with Crippen LogP contribution < -0.4 is 11.1 Å². The molecule has 3 N–H and O–H groups in total. The van der Waals surface area contributed by atoms with Crippen molar-refractivity contribution in [2.24, 2.45) is 5.92 Å². The van der Waals surface area contributed by atoms with Crippen molar-refractivity contribution in [3.63, 3.8) is 0 Å². The first-order chi connectivity index (χ1) is 15.1. The molecule has 2 aromatic carbocycles. The van der Waals surface area contributed by atoms with Gasteiger partial charge in [0.2, 0.25) is 0 Å². The zero-order valence-corrected chi connectivity index (χ0v) is 19.5. The highest BCUT2D eigenvalue weighted by atomic mass is 32.1. The third kappa shape index (κ3) is 6.18. The first-order valence-corrected chi connectivity index (χ1v) is 12.0. The molecule has 31 heavy (non-hydrogen) atoms. The van der Waals surface area contributed by atoms with Gasteiger partial charge in [-0.2, -0.15) is 0 Å². The van der Waals surface area contributed by atoms with Gasteiger partial charge in [-0.15, -0.1) is 11.3 Å². The summed E-state index contributed by atoms with van der Waals surface area (Å²) in [6.07, 6.45) is 2.54. The zero-order valence-electron chi connectivity index (χ0n) is 18.7. The van der Waals surface area contributed by atoms with Crippen LogP contribution in [-0.4, -0.2) is 23.9 Å². The largest absolute Gasteiger partial charge is 0.397 e. The Morgan fingerprint density at radius 3 is 2.45 bits per heavy atom. The number of anilines is 2. The highest BCUT2D eigenvalue weighted by Crippen LogP contribution is 2.30. The average Bonchev–Trinajstić information content (AvgIpc) is 3.34. The Kier molecular flexibility index (Phi) is 8.27. The second kappa shape index (κ2) is 11.1. The molecule has 1 amide bonds. The van der Waals surface area contributed by atoms with E-state index in [9.17, 15) is 4.79 Å². The first kappa shape index (κ1) is 23.0. The molecule has 4 rings (SSSR count). The molecule has 2 heterocycles. The summed E-state index contributed by atoms with van der Waals surface area (Å²) in [5.74, 6) is 0.696. The molecule has 0 atom stereocenters. The van der Waals surface area contributed by atoms with Crippen LogP contribution in [0.1, 0.15) is 49.5 Å². The number of rotatable bonds is 5. The summed E-state index contributed by atoms with van der Waals surface area (Å²) in [7, 11) is 0. The van der Waals surface area contributed by atoms with Crippen LogP contribution in [0.15, 0.2) is 60.0 Å². The maximum Gasteiger partial charge on any atom is 0.255 e. The second-order valence-corrected chi connectivity index (χ2v) is 8.84. The van der Waals surface area contributed by atoms with E-state index in [0.717, 1.165) is 36.0 Å². The van der Waals surface area contributed by atoms with Crippen molar-refractivity contribution in [1.29, 1.82) is 0 Å². The van der Waals surface area contributed by atoms with Crippen LogP contribution in [0.2, 0.25) is 0 Å². The Bertz CT molecular complexity index is 959. The number of nitrogens with two attached hydrogens (primary N) is 1. The van der Waals surface area contributed by atoms with Gasteiger partial charge >= 0.3 is 0 Å². The predicted octanol–water partition coefficient (Wildman–Crippen LogP) is 6.51. The fourth-order valence-electron chi connectivity index (χ4n) is 3.70. The first-order valence-electron chi connectivity index (χ1n) is 11.1. The third-order valence-corrected chi connectivity index (χ3v) is 6.52. The van der Waals surface area contributed by atoms with Crippen LogP contribution in [0.25, 0.3) is 10.4 Å². The number of nitrogen functional groups attached to an aromatic ring is 1. The molecule has 5 heteroatoms. The van der Waals surface area contributed by atoms with E-state index in [1.54, 1.807) is 11.3 Å². The number of carbonyl (C=O) groups excluding carboxylic acids is 1. The number of amides is 1. The standard InChI is InChI=1S/C24H27N3OS.C2H6/c1-17-10-12-27(13-11-17)16-18-4-6-19(7-5-18)24(28)26-22-15-20(8-9-21(22)25)23-3-2-14-29-23;1-2/h2-9,14-15,17H,10-13,16,25H2,1H3,(H,26,28);1-2H3. The molecular formula is C26H33N3OS. The number of hydrogen-bond acceptors (Lipinski definition) is 4. The summed E-state index contributed by atoms with van der Waals surface area (Å²) in [6, 6.07) is 17.7. The van der Waals surface area contributed by atoms with E-state index in [2.05, 4.69) is 35.3 Å². The Morgan fingerprint density at radius 2 is 1.81 bits per heavy atom. The molecule has 164 valence electrons. The molecule has 4 nitrogen and oxygen atoms in total. The summed E-state index contributed by atoms with van der Waals surface area (Å²) in [4.78, 5) is 16.4. The van der Waals surface area contributed by atoms with E-state index in [4.69, 9.17) is 5.73 Å². The predicted molar refractivity (Wildman–Crippen MR) is 134 cm³/mol. The SMILES string of the molecule is CC.CC1CCN(Cc2ccc(C(=O)Nc3cc(-c4cccs4)ccc3N)cc2)CC1. The highest BCUT2D eigenvalue weighted by Gasteiger charge is 2.16. The average molecular weight is 436 g/mol. The van der Waals surface area contributed by atoms with Crippen molar-refractivity contribution in [2.45, 2.75) is 40.2 Å². The summed E-state index contributed by atoms with van der Waals surface area (Å²) in [5.41, 5.74) is 10.2. The molecule has 1 aliphatic rings. The number of likely N-dealkylation sites (tertiary alicyclic amines) is 1. The van der Waals surface area contributed by atoms with Gasteiger partial charge in [0, 0.05) is 17.0 Å². The summed E-state index contributed by atoms with van der Waals surface area (Å²) in [5, 5.41) is 5.00. The second-order valence-electron chi connectivity index (χ2n) is 7.89. The minimum Gasteiger partial charge on any atom is -0.397 e. The van der Waals surface area contributed by atoms with Crippen molar-refractivity contribution in [3.8, 4) is 10.4 Å². The Hall–Kier alpha value is -2.63. The molecule has 0 unspecified atom stereocenters. The van der Waals surface area contributed by atoms with Gasteiger partial charge in [-0.1, -0.05) is 45.0 Å². The topological polar surface area (TPSA) is 58.4 Å². The van der Waals surface area contributed by atoms with Crippen molar-refractivity contribution >= 4 is 28.6 Å². The van der Waals surface area contributed by atoms with E-state index in [1.807, 2.05) is 55.6 Å². The Balaban J connectivity index is 0.00000132. The van der Waals surface area contributed by atoms with Crippen molar-refractivity contribution in [3.05, 3.63) is 71.1 Å². The van der Waals surface area contributed by atoms with E-state index in [0.29, 0.717) is 16.9 Å². The molecule has 0 saturated carbocycles. The van der Waals surface area contributed by atoms with Crippen molar-refractivity contribution in [1.82, 2.24) is 4.90 Å². The van der Waals surface area contributed by atoms with Gasteiger partial charge in [0.1, 0.15) is 0 Å². The number of benzene rings is 2. The van der Waals surface area contributed by atoms with Gasteiger partial charge in [0.25, 0.3) is 5.91 Å². The van der Waals surface area contributed by atoms with Crippen LogP contribution in [-0.2, 0) is 6.54 Å². The Labute approximate surface area is 190 Å². The lowest BCUT2D eigenvalue weighted by atomic mass is 9.99. The van der Waals surface area contributed by atoms with Gasteiger partial charge in [0.15, 0.2) is 0 Å². The molecular weight excluding hydrogens is 402 g/mol. The molecule has 3 aromatic rings. The van der Waals surface area contributed by atoms with Gasteiger partial charge in [0.05, 0.1) is 11.4 Å². The van der Waals surface area contributed by atoms with Gasteiger partial charge < -0.3 is 11.1 Å². The molecule has 0 radical (unpaired) electrons. The number of thiophene rings is 1. The van der Waals surface area contributed by atoms with Crippen LogP contribution in [0.4, 0.5) is 11.4 Å². The lowest BCUT2D eigenvalue weighted by Gasteiger charge is -2.30. The van der Waals surface area contributed by atoms with E-state index < -0.39 is 0 Å². The van der Waals surface area contributed by atoms with Crippen LogP contribution >= 0.6 is 11.3 Å². The number of hydrogen-bond donors (Lipinski definition) is 2. The van der Waals surface area contributed by atoms with Crippen LogP contribution in [0.5, 0.6) is 0 Å². The highest BCUT2D eigenvalue weighted by molar-refractivity contribution is 7.13. The zero-order chi connectivity index (χ0) is 22.2. The van der Waals surface area contributed by atoms with Crippen molar-refractivity contribution in [2.75, 3.05) is 24.1 Å². The minimum absolute atomic E-state index is 0.140. The van der Waals surface area contributed by atoms with E-state index in [1.165, 1.54) is 18.4 Å². The molecule has 0 aliphatic carbocycles. The smallest absolute Gasteiger partial charge is 0.255 e. The molecule has 0 bridgehead atoms. The van der Waals surface area contributed by atoms with Crippen molar-refractivity contribution < 1.29 is 4.79 Å². The van der Waals surface area contributed by atoms with Gasteiger partial charge in [-0.25, -0.2) is 0 Å². The number of piperidine rings is 1. The van der Waals surface area contributed by atoms with E-state index >= 15 is 0 Å². The fourth-order valence-corrected chi connectivity index (χ4v) is 4.42. The molecule has 0 spiro atoms. The number of nitrogens with one attached hydrogen (secondary N) is 1. The Morgan fingerprint density at radius 1 is 1.10 bits per heavy atom. The third-order valence-electron chi connectivity index (χ3n) is 5.61. The monoisotopic (exact) mass is 435 g/mol. The summed E-state index contributed by atoms with van der Waals surface area (Å²) < 4.78 is 0. The number of nitrogens with zero attached hydrogens (tertiary/aromatic N) is 1. The lowest BCUT2D eigenvalue weighted by molar-refractivity contribution is 0.102. The summed E-state index contributed by atoms with van der Waals surface area (Å²) in [6.45, 7) is 9.59. The lowest BCUT2D eigenvalue weighted by Crippen LogP contribution is -2.32. The fraction of sp³-hybridized carbons (Fsp3) is 0.346. The quantitative estimate of drug-likeness (QED) is 0.449. The maximum absolute atomic E-state index is 12.7. The molecule has 1 aromatic heterocycles. The van der Waals surface area contributed by atoms with Gasteiger partial charge in [-0.3, -0.25) is 9.69 Å². The van der Waals surface area contributed by atoms with Gasteiger partial charge in [-0.05, 0) is 78.7 Å². The van der Waals surface area contributed by atoms with Crippen LogP contribution in [0.3, 0.4) is 0 Å². The maximum atomic E-state index is 12.7. The normalized spacial score (nSPS) is 14.5. The molecule has 1 fully saturated rings. The molecule has 1 saturated heterocycles. The summed E-state index contributed by atoms with van der Waals surface area (Å²) >= 11 is 1.66. The van der Waals surface area contributed by atoms with Crippen LogP contribution in [0, 0.1) is 5.92 Å². The minimum atomic E-state index is -0.140. The molecule has 1 aliphatic heterocycles. The number of carbonyl (C=O) groups is 1.